The second-order valence-electron chi connectivity index (χ2n) is 7.23. The fourth-order valence-electron chi connectivity index (χ4n) is 3.35. The van der Waals surface area contributed by atoms with Crippen molar-refractivity contribution in [1.29, 1.82) is 0 Å². The van der Waals surface area contributed by atoms with E-state index in [1.807, 2.05) is 14.1 Å². The van der Waals surface area contributed by atoms with Crippen LogP contribution in [0.3, 0.4) is 0 Å². The van der Waals surface area contributed by atoms with Crippen molar-refractivity contribution in [3.8, 4) is 5.75 Å². The van der Waals surface area contributed by atoms with Crippen molar-refractivity contribution in [1.82, 2.24) is 4.90 Å². The van der Waals surface area contributed by atoms with Crippen LogP contribution in [-0.2, 0) is 9.59 Å². The van der Waals surface area contributed by atoms with Crippen molar-refractivity contribution in [2.75, 3.05) is 34.3 Å². The summed E-state index contributed by atoms with van der Waals surface area (Å²) in [6.45, 7) is 0.946. The van der Waals surface area contributed by atoms with Crippen molar-refractivity contribution in [2.24, 2.45) is 0 Å². The third-order valence-corrected chi connectivity index (χ3v) is 4.94. The number of likely N-dealkylation sites (N-methyl/N-ethyl adjacent to an activating group) is 1. The van der Waals surface area contributed by atoms with Crippen LogP contribution < -0.4 is 9.64 Å². The Morgan fingerprint density at radius 2 is 1.72 bits per heavy atom. The Kier molecular flexibility index (Phi) is 5.98. The number of rotatable bonds is 6. The summed E-state index contributed by atoms with van der Waals surface area (Å²) in [5, 5.41) is 10.9. The summed E-state index contributed by atoms with van der Waals surface area (Å²) < 4.78 is 18.6. The average Bonchev–Trinajstić information content (AvgIpc) is 2.97. The number of quaternary nitrogens is 1. The third-order valence-electron chi connectivity index (χ3n) is 4.94. The van der Waals surface area contributed by atoms with Crippen molar-refractivity contribution in [3.63, 3.8) is 0 Å². The first-order chi connectivity index (χ1) is 13.8. The van der Waals surface area contributed by atoms with Gasteiger partial charge < -0.3 is 19.6 Å². The van der Waals surface area contributed by atoms with Gasteiger partial charge in [-0.15, -0.1) is 0 Å². The van der Waals surface area contributed by atoms with Crippen LogP contribution in [0.15, 0.2) is 54.1 Å². The molecule has 152 valence electrons. The van der Waals surface area contributed by atoms with Crippen LogP contribution in [0.25, 0.3) is 5.76 Å². The molecule has 3 rings (SSSR count). The first-order valence-corrected chi connectivity index (χ1v) is 9.30. The number of Topliss-reactive ketones (excluding diaryl/α,β-unsaturated/α-hetero) is 1. The van der Waals surface area contributed by atoms with E-state index in [-0.39, 0.29) is 11.3 Å². The zero-order chi connectivity index (χ0) is 21.1. The van der Waals surface area contributed by atoms with Gasteiger partial charge in [0.1, 0.15) is 17.3 Å². The van der Waals surface area contributed by atoms with Crippen molar-refractivity contribution in [2.45, 2.75) is 6.04 Å². The van der Waals surface area contributed by atoms with E-state index < -0.39 is 23.5 Å². The molecule has 1 atom stereocenters. The predicted octanol–water partition coefficient (Wildman–Crippen LogP) is 1.40. The van der Waals surface area contributed by atoms with Crippen LogP contribution >= 0.6 is 0 Å². The monoisotopic (exact) mass is 399 g/mol. The number of amides is 1. The van der Waals surface area contributed by atoms with E-state index in [0.717, 1.165) is 4.90 Å². The fourth-order valence-corrected chi connectivity index (χ4v) is 3.35. The zero-order valence-electron chi connectivity index (χ0n) is 16.6. The van der Waals surface area contributed by atoms with Crippen molar-refractivity contribution >= 4 is 17.4 Å². The lowest BCUT2D eigenvalue weighted by molar-refractivity contribution is -0.857. The molecule has 7 heteroatoms. The Hall–Kier alpha value is -3.19. The van der Waals surface area contributed by atoms with E-state index in [9.17, 15) is 19.1 Å². The topological polar surface area (TPSA) is 71.3 Å². The van der Waals surface area contributed by atoms with Gasteiger partial charge in [-0.1, -0.05) is 12.1 Å². The highest BCUT2D eigenvalue weighted by molar-refractivity contribution is 6.46. The molecule has 0 aliphatic carbocycles. The number of ketones is 1. The number of hydrogen-bond acceptors (Lipinski definition) is 4. The molecule has 0 saturated carbocycles. The third kappa shape index (κ3) is 4.14. The minimum Gasteiger partial charge on any atom is -0.507 e. The normalized spacial score (nSPS) is 18.5. The number of halogens is 1. The maximum Gasteiger partial charge on any atom is 0.295 e. The number of methoxy groups -OCH3 is 1. The first kappa shape index (κ1) is 20.5. The van der Waals surface area contributed by atoms with Gasteiger partial charge in [0.25, 0.3) is 11.7 Å². The molecule has 1 amide bonds. The van der Waals surface area contributed by atoms with Gasteiger partial charge in [-0.2, -0.15) is 0 Å². The van der Waals surface area contributed by atoms with E-state index >= 15 is 0 Å². The molecule has 0 unspecified atom stereocenters. The number of hydrogen-bond donors (Lipinski definition) is 2. The molecule has 0 aromatic heterocycles. The molecule has 0 bridgehead atoms. The molecule has 2 aromatic carbocycles. The minimum atomic E-state index is -0.781. The lowest BCUT2D eigenvalue weighted by Crippen LogP contribution is -3.06. The fraction of sp³-hybridized carbons (Fsp3) is 0.273. The van der Waals surface area contributed by atoms with Gasteiger partial charge in [0.15, 0.2) is 0 Å². The Bertz CT molecular complexity index is 936. The summed E-state index contributed by atoms with van der Waals surface area (Å²) in [7, 11) is 5.42. The number of aliphatic hydroxyl groups is 1. The van der Waals surface area contributed by atoms with Gasteiger partial charge in [-0.3, -0.25) is 9.59 Å². The molecule has 1 heterocycles. The average molecular weight is 399 g/mol. The molecule has 1 aliphatic heterocycles. The van der Waals surface area contributed by atoms with E-state index in [1.54, 1.807) is 24.3 Å². The molecular formula is C22H24FN2O4+. The lowest BCUT2D eigenvalue weighted by atomic mass is 9.95. The number of nitrogens with zero attached hydrogens (tertiary/aromatic N) is 1. The molecule has 29 heavy (non-hydrogen) atoms. The molecule has 0 spiro atoms. The summed E-state index contributed by atoms with van der Waals surface area (Å²) in [6.07, 6.45) is 0. The number of carbonyl (C=O) groups excluding carboxylic acids is 2. The van der Waals surface area contributed by atoms with Crippen LogP contribution in [0.2, 0.25) is 0 Å². The highest BCUT2D eigenvalue weighted by Gasteiger charge is 2.46. The smallest absolute Gasteiger partial charge is 0.295 e. The second-order valence-corrected chi connectivity index (χ2v) is 7.23. The molecule has 1 fully saturated rings. The SMILES string of the molecule is COc1ccc(C(O)=C2C(=O)C(=O)N(CC[NH+](C)C)[C@H]2c2ccc(F)cc2)cc1. The number of nitrogens with one attached hydrogen (secondary N) is 1. The number of ether oxygens (including phenoxy) is 1. The minimum absolute atomic E-state index is 0.000492. The number of likely N-dealkylation sites (tertiary alicyclic amines) is 1. The van der Waals surface area contributed by atoms with Gasteiger partial charge in [0.05, 0.1) is 45.9 Å². The Morgan fingerprint density at radius 3 is 2.28 bits per heavy atom. The summed E-state index contributed by atoms with van der Waals surface area (Å²) in [6, 6.07) is 11.4. The van der Waals surface area contributed by atoms with Crippen LogP contribution in [-0.4, -0.2) is 56.0 Å². The zero-order valence-corrected chi connectivity index (χ0v) is 16.6. The van der Waals surface area contributed by atoms with Gasteiger partial charge >= 0.3 is 0 Å². The molecule has 1 saturated heterocycles. The van der Waals surface area contributed by atoms with Crippen LogP contribution in [0.1, 0.15) is 17.2 Å². The summed E-state index contributed by atoms with van der Waals surface area (Å²) in [5.74, 6) is -1.50. The highest BCUT2D eigenvalue weighted by atomic mass is 19.1. The molecule has 1 aliphatic rings. The largest absolute Gasteiger partial charge is 0.507 e. The van der Waals surface area contributed by atoms with Crippen LogP contribution in [0, 0.1) is 5.82 Å². The second kappa shape index (κ2) is 8.45. The Morgan fingerprint density at radius 1 is 1.10 bits per heavy atom. The van der Waals surface area contributed by atoms with Gasteiger partial charge in [-0.05, 0) is 42.0 Å². The highest BCUT2D eigenvalue weighted by Crippen LogP contribution is 2.39. The van der Waals surface area contributed by atoms with Gasteiger partial charge in [-0.25, -0.2) is 4.39 Å². The maximum absolute atomic E-state index is 13.4. The van der Waals surface area contributed by atoms with Crippen molar-refractivity contribution < 1.29 is 28.7 Å². The molecular weight excluding hydrogens is 375 g/mol. The number of aliphatic hydroxyl groups excluding tert-OH is 1. The summed E-state index contributed by atoms with van der Waals surface area (Å²) >= 11 is 0. The quantitative estimate of drug-likeness (QED) is 0.438. The molecule has 6 nitrogen and oxygen atoms in total. The molecule has 0 radical (unpaired) electrons. The van der Waals surface area contributed by atoms with E-state index in [1.165, 1.54) is 36.3 Å². The Balaban J connectivity index is 2.11. The number of carbonyl (C=O) groups is 2. The first-order valence-electron chi connectivity index (χ1n) is 9.30. The number of benzene rings is 2. The van der Waals surface area contributed by atoms with Gasteiger partial charge in [0, 0.05) is 5.56 Å². The Labute approximate surface area is 168 Å². The van der Waals surface area contributed by atoms with Gasteiger partial charge in [0.2, 0.25) is 0 Å². The molecule has 2 N–H and O–H groups in total. The lowest BCUT2D eigenvalue weighted by Gasteiger charge is -2.25. The molecule has 2 aromatic rings. The van der Waals surface area contributed by atoms with Crippen LogP contribution in [0.4, 0.5) is 4.39 Å². The van der Waals surface area contributed by atoms with E-state index in [2.05, 4.69) is 0 Å². The summed E-state index contributed by atoms with van der Waals surface area (Å²) in [4.78, 5) is 28.1. The van der Waals surface area contributed by atoms with E-state index in [0.29, 0.717) is 30.0 Å². The summed E-state index contributed by atoms with van der Waals surface area (Å²) in [5.41, 5.74) is 0.962. The van der Waals surface area contributed by atoms with Crippen molar-refractivity contribution in [3.05, 3.63) is 71.0 Å². The van der Waals surface area contributed by atoms with Crippen LogP contribution in [0.5, 0.6) is 5.75 Å². The van der Waals surface area contributed by atoms with E-state index in [4.69, 9.17) is 4.74 Å². The standard InChI is InChI=1S/C22H23FN2O4/c1-24(2)12-13-25-19(14-4-8-16(23)9-5-14)18(21(27)22(25)28)20(26)15-6-10-17(29-3)11-7-15/h4-11,19,26H,12-13H2,1-3H3/p+1/t19-/m0/s1. The predicted molar refractivity (Wildman–Crippen MR) is 106 cm³/mol. The maximum atomic E-state index is 13.4.